The molecule has 1 saturated heterocycles. The summed E-state index contributed by atoms with van der Waals surface area (Å²) in [7, 11) is 0. The van der Waals surface area contributed by atoms with Crippen molar-refractivity contribution in [2.24, 2.45) is 0 Å². The molecule has 8 heteroatoms. The van der Waals surface area contributed by atoms with Crippen molar-refractivity contribution in [3.63, 3.8) is 0 Å². The van der Waals surface area contributed by atoms with Crippen LogP contribution in [-0.2, 0) is 4.74 Å². The Morgan fingerprint density at radius 3 is 2.64 bits per heavy atom. The molecule has 0 saturated carbocycles. The van der Waals surface area contributed by atoms with Crippen molar-refractivity contribution in [2.75, 3.05) is 6.54 Å². The van der Waals surface area contributed by atoms with Crippen LogP contribution in [-0.4, -0.2) is 38.9 Å². The fourth-order valence-corrected chi connectivity index (χ4v) is 4.18. The van der Waals surface area contributed by atoms with Gasteiger partial charge in [0.1, 0.15) is 16.3 Å². The van der Waals surface area contributed by atoms with Crippen LogP contribution in [0.25, 0.3) is 0 Å². The summed E-state index contributed by atoms with van der Waals surface area (Å²) in [5.74, 6) is -0.920. The number of esters is 1. The average Bonchev–Trinajstić information content (AvgIpc) is 3.23. The lowest BCUT2D eigenvalue weighted by Crippen LogP contribution is -2.33. The van der Waals surface area contributed by atoms with Crippen LogP contribution >= 0.6 is 11.3 Å². The molecule has 1 aliphatic heterocycles. The number of hydrogen-bond donors (Lipinski definition) is 1. The van der Waals surface area contributed by atoms with Gasteiger partial charge in [0, 0.05) is 23.2 Å². The topological polar surface area (TPSA) is 92.4 Å². The summed E-state index contributed by atoms with van der Waals surface area (Å²) in [5, 5.41) is 2.86. The predicted molar refractivity (Wildman–Crippen MR) is 107 cm³/mol. The number of nitrogens with zero attached hydrogens (tertiary/aromatic N) is 2. The summed E-state index contributed by atoms with van der Waals surface area (Å²) in [6.07, 6.45) is 1.69. The molecule has 28 heavy (non-hydrogen) atoms. The molecule has 1 N–H and O–H groups in total. The van der Waals surface area contributed by atoms with Crippen LogP contribution in [0.4, 0.5) is 0 Å². The van der Waals surface area contributed by atoms with Gasteiger partial charge in [-0.05, 0) is 53.5 Å². The Kier molecular flexibility index (Phi) is 5.43. The molecule has 0 unspecified atom stereocenters. The lowest BCUT2D eigenvalue weighted by molar-refractivity contribution is 0.00684. The SMILES string of the molecule is Cc1csc([C@H]2CCCN2C(=O)c2cc(C(=O)OC(C)(C)C)c(C)c(=O)[nH]2)n1. The van der Waals surface area contributed by atoms with E-state index in [1.165, 1.54) is 17.4 Å². The number of likely N-dealkylation sites (tertiary alicyclic amines) is 1. The van der Waals surface area contributed by atoms with Crippen molar-refractivity contribution in [3.8, 4) is 0 Å². The minimum atomic E-state index is -0.695. The Morgan fingerprint density at radius 1 is 1.32 bits per heavy atom. The number of nitrogens with one attached hydrogen (secondary N) is 1. The third-order valence-corrected chi connectivity index (χ3v) is 5.63. The molecule has 150 valence electrons. The first-order valence-electron chi connectivity index (χ1n) is 9.27. The maximum absolute atomic E-state index is 13.1. The van der Waals surface area contributed by atoms with Gasteiger partial charge in [-0.3, -0.25) is 9.59 Å². The second-order valence-electron chi connectivity index (χ2n) is 8.04. The molecule has 7 nitrogen and oxygen atoms in total. The third kappa shape index (κ3) is 4.16. The fourth-order valence-electron chi connectivity index (χ4n) is 3.23. The number of carbonyl (C=O) groups is 2. The number of hydrogen-bond acceptors (Lipinski definition) is 6. The Hall–Kier alpha value is -2.48. The monoisotopic (exact) mass is 403 g/mol. The first kappa shape index (κ1) is 20.3. The quantitative estimate of drug-likeness (QED) is 0.793. The molecule has 0 aromatic carbocycles. The molecule has 1 aliphatic rings. The smallest absolute Gasteiger partial charge is 0.339 e. The number of ether oxygens (including phenoxy) is 1. The van der Waals surface area contributed by atoms with Crippen molar-refractivity contribution in [1.82, 2.24) is 14.9 Å². The first-order chi connectivity index (χ1) is 13.1. The zero-order valence-electron chi connectivity index (χ0n) is 16.8. The third-order valence-electron chi connectivity index (χ3n) is 4.57. The zero-order valence-corrected chi connectivity index (χ0v) is 17.6. The van der Waals surface area contributed by atoms with Crippen molar-refractivity contribution in [1.29, 1.82) is 0 Å². The van der Waals surface area contributed by atoms with Crippen molar-refractivity contribution >= 4 is 23.2 Å². The van der Waals surface area contributed by atoms with Crippen LogP contribution in [0.15, 0.2) is 16.2 Å². The molecule has 2 aromatic rings. The fraction of sp³-hybridized carbons (Fsp3) is 0.500. The second-order valence-corrected chi connectivity index (χ2v) is 8.93. The van der Waals surface area contributed by atoms with Crippen LogP contribution in [0.5, 0.6) is 0 Å². The highest BCUT2D eigenvalue weighted by atomic mass is 32.1. The molecular weight excluding hydrogens is 378 g/mol. The molecule has 3 rings (SSSR count). The average molecular weight is 404 g/mol. The van der Waals surface area contributed by atoms with Crippen molar-refractivity contribution in [2.45, 2.75) is 59.1 Å². The molecule has 1 amide bonds. The maximum atomic E-state index is 13.1. The molecule has 2 aromatic heterocycles. The molecule has 3 heterocycles. The van der Waals surface area contributed by atoms with Gasteiger partial charge in [-0.2, -0.15) is 0 Å². The largest absolute Gasteiger partial charge is 0.456 e. The van der Waals surface area contributed by atoms with E-state index in [0.29, 0.717) is 6.54 Å². The molecule has 0 bridgehead atoms. The minimum Gasteiger partial charge on any atom is -0.456 e. The van der Waals surface area contributed by atoms with Crippen LogP contribution in [0, 0.1) is 13.8 Å². The Bertz CT molecular complexity index is 971. The van der Waals surface area contributed by atoms with E-state index in [1.54, 1.807) is 32.6 Å². The van der Waals surface area contributed by atoms with Crippen LogP contribution in [0.2, 0.25) is 0 Å². The van der Waals surface area contributed by atoms with E-state index < -0.39 is 17.1 Å². The van der Waals surface area contributed by atoms with E-state index >= 15 is 0 Å². The van der Waals surface area contributed by atoms with Crippen LogP contribution in [0.3, 0.4) is 0 Å². The molecule has 1 atom stereocenters. The number of H-pyrrole nitrogens is 1. The van der Waals surface area contributed by atoms with Gasteiger partial charge in [-0.25, -0.2) is 9.78 Å². The zero-order chi connectivity index (χ0) is 20.6. The molecular formula is C20H25N3O4S. The van der Waals surface area contributed by atoms with Gasteiger partial charge in [-0.15, -0.1) is 11.3 Å². The van der Waals surface area contributed by atoms with Gasteiger partial charge in [-0.1, -0.05) is 0 Å². The molecule has 0 radical (unpaired) electrons. The number of aromatic nitrogens is 2. The molecule has 0 aliphatic carbocycles. The summed E-state index contributed by atoms with van der Waals surface area (Å²) < 4.78 is 5.39. The Balaban J connectivity index is 1.93. The Morgan fingerprint density at radius 2 is 2.04 bits per heavy atom. The van der Waals surface area contributed by atoms with E-state index in [9.17, 15) is 14.4 Å². The second kappa shape index (κ2) is 7.50. The molecule has 0 spiro atoms. The van der Waals surface area contributed by atoms with Gasteiger partial charge in [0.05, 0.1) is 11.6 Å². The Labute approximate surface area is 167 Å². The van der Waals surface area contributed by atoms with E-state index in [0.717, 1.165) is 23.5 Å². The van der Waals surface area contributed by atoms with Crippen LogP contribution < -0.4 is 5.56 Å². The highest BCUT2D eigenvalue weighted by Gasteiger charge is 2.33. The highest BCUT2D eigenvalue weighted by molar-refractivity contribution is 7.09. The summed E-state index contributed by atoms with van der Waals surface area (Å²) in [6, 6.07) is 1.32. The number of amides is 1. The standard InChI is InChI=1S/C20H25N3O4S/c1-11-10-28-17(21-11)15-7-6-8-23(15)18(25)14-9-13(12(2)16(24)22-14)19(26)27-20(3,4)5/h9-10,15H,6-8H2,1-5H3,(H,22,24)/t15-/m1/s1. The van der Waals surface area contributed by atoms with Gasteiger partial charge in [0.15, 0.2) is 0 Å². The number of thiazole rings is 1. The van der Waals surface area contributed by atoms with E-state index in [-0.39, 0.29) is 28.8 Å². The predicted octanol–water partition coefficient (Wildman–Crippen LogP) is 3.38. The van der Waals surface area contributed by atoms with Crippen molar-refractivity contribution in [3.05, 3.63) is 49.3 Å². The molecule has 1 fully saturated rings. The van der Waals surface area contributed by atoms with Gasteiger partial charge >= 0.3 is 5.97 Å². The summed E-state index contributed by atoms with van der Waals surface area (Å²) in [5.41, 5.74) is 0.209. The van der Waals surface area contributed by atoms with E-state index in [1.807, 2.05) is 12.3 Å². The number of pyridine rings is 1. The van der Waals surface area contributed by atoms with E-state index in [4.69, 9.17) is 4.74 Å². The maximum Gasteiger partial charge on any atom is 0.339 e. The van der Waals surface area contributed by atoms with Gasteiger partial charge in [0.25, 0.3) is 11.5 Å². The van der Waals surface area contributed by atoms with Gasteiger partial charge in [0.2, 0.25) is 0 Å². The minimum absolute atomic E-state index is 0.0941. The summed E-state index contributed by atoms with van der Waals surface area (Å²) in [4.78, 5) is 46.9. The number of aromatic amines is 1. The number of carbonyl (C=O) groups excluding carboxylic acids is 2. The lowest BCUT2D eigenvalue weighted by Gasteiger charge is -2.24. The summed E-state index contributed by atoms with van der Waals surface area (Å²) >= 11 is 1.53. The first-order valence-corrected chi connectivity index (χ1v) is 10.1. The van der Waals surface area contributed by atoms with Crippen molar-refractivity contribution < 1.29 is 14.3 Å². The van der Waals surface area contributed by atoms with Gasteiger partial charge < -0.3 is 14.6 Å². The number of rotatable bonds is 3. The van der Waals surface area contributed by atoms with Crippen LogP contribution in [0.1, 0.15) is 76.8 Å². The highest BCUT2D eigenvalue weighted by Crippen LogP contribution is 2.34. The normalized spacial score (nSPS) is 17.0. The number of aryl methyl sites for hydroxylation is 1. The summed E-state index contributed by atoms with van der Waals surface area (Å²) in [6.45, 7) is 9.31. The van der Waals surface area contributed by atoms with E-state index in [2.05, 4.69) is 9.97 Å². The lowest BCUT2D eigenvalue weighted by atomic mass is 10.1.